The minimum Gasteiger partial charge on any atom is -0.493 e. The van der Waals surface area contributed by atoms with Crippen molar-refractivity contribution in [2.45, 2.75) is 11.8 Å². The molecule has 1 amide bonds. The molecule has 37 heavy (non-hydrogen) atoms. The summed E-state index contributed by atoms with van der Waals surface area (Å²) in [6.45, 7) is 1.72. The molecule has 0 spiro atoms. The Morgan fingerprint density at radius 3 is 2.41 bits per heavy atom. The molecule has 9 nitrogen and oxygen atoms in total. The van der Waals surface area contributed by atoms with E-state index in [0.717, 1.165) is 11.8 Å². The van der Waals surface area contributed by atoms with Crippen LogP contribution in [0, 0.1) is 18.3 Å². The number of carbonyl (C=O) groups is 1. The van der Waals surface area contributed by atoms with Crippen LogP contribution in [0.4, 0.5) is 5.69 Å². The standard InChI is InChI=1S/C27H22N4O5S/c1-17-24(26(32)29-20-10-7-11-21(15-20)37(3,33)34)27(31-30-25(17)19-8-5-4-6-9-19)36-22-13-12-18(16-28)14-23(22)35-2/h4-15H,1-3H3,(H,29,32). The molecule has 4 aromatic rings. The fourth-order valence-electron chi connectivity index (χ4n) is 3.63. The highest BCUT2D eigenvalue weighted by molar-refractivity contribution is 7.90. The molecule has 0 bridgehead atoms. The van der Waals surface area contributed by atoms with E-state index in [2.05, 4.69) is 15.5 Å². The second-order valence-electron chi connectivity index (χ2n) is 8.05. The number of methoxy groups -OCH3 is 1. The first-order valence-corrected chi connectivity index (χ1v) is 12.9. The van der Waals surface area contributed by atoms with Gasteiger partial charge in [-0.15, -0.1) is 10.2 Å². The van der Waals surface area contributed by atoms with Gasteiger partial charge >= 0.3 is 0 Å². The quantitative estimate of drug-likeness (QED) is 0.373. The Morgan fingerprint density at radius 2 is 1.73 bits per heavy atom. The molecule has 1 N–H and O–H groups in total. The number of aromatic nitrogens is 2. The zero-order chi connectivity index (χ0) is 26.6. The number of benzene rings is 3. The smallest absolute Gasteiger partial charge is 0.261 e. The number of sulfone groups is 1. The van der Waals surface area contributed by atoms with Crippen molar-refractivity contribution in [1.82, 2.24) is 10.2 Å². The zero-order valence-electron chi connectivity index (χ0n) is 20.2. The van der Waals surface area contributed by atoms with Gasteiger partial charge in [0.25, 0.3) is 11.8 Å². The monoisotopic (exact) mass is 514 g/mol. The lowest BCUT2D eigenvalue weighted by molar-refractivity contribution is 0.102. The van der Waals surface area contributed by atoms with Gasteiger partial charge in [-0.25, -0.2) is 8.42 Å². The maximum atomic E-state index is 13.6. The number of nitrogens with one attached hydrogen (secondary N) is 1. The fourth-order valence-corrected chi connectivity index (χ4v) is 4.30. The second kappa shape index (κ2) is 10.5. The van der Waals surface area contributed by atoms with Gasteiger partial charge in [-0.1, -0.05) is 36.4 Å². The molecule has 0 atom stereocenters. The highest BCUT2D eigenvalue weighted by Gasteiger charge is 2.24. The molecule has 4 rings (SSSR count). The van der Waals surface area contributed by atoms with Crippen molar-refractivity contribution < 1.29 is 22.7 Å². The summed E-state index contributed by atoms with van der Waals surface area (Å²) in [5.74, 6) is -0.150. The highest BCUT2D eigenvalue weighted by Crippen LogP contribution is 2.35. The number of amides is 1. The van der Waals surface area contributed by atoms with Gasteiger partial charge in [0.2, 0.25) is 0 Å². The minimum atomic E-state index is -3.47. The molecule has 0 fully saturated rings. The number of ether oxygens (including phenoxy) is 2. The molecule has 0 radical (unpaired) electrons. The van der Waals surface area contributed by atoms with E-state index < -0.39 is 15.7 Å². The summed E-state index contributed by atoms with van der Waals surface area (Å²) in [5, 5.41) is 20.4. The van der Waals surface area contributed by atoms with E-state index in [1.54, 1.807) is 19.1 Å². The van der Waals surface area contributed by atoms with Crippen LogP contribution in [0.25, 0.3) is 11.3 Å². The summed E-state index contributed by atoms with van der Waals surface area (Å²) in [6.07, 6.45) is 1.09. The Bertz CT molecular complexity index is 1630. The van der Waals surface area contributed by atoms with E-state index in [4.69, 9.17) is 9.47 Å². The first-order valence-electron chi connectivity index (χ1n) is 11.0. The van der Waals surface area contributed by atoms with Crippen LogP contribution in [-0.2, 0) is 9.84 Å². The first kappa shape index (κ1) is 25.3. The van der Waals surface area contributed by atoms with E-state index in [-0.39, 0.29) is 33.5 Å². The largest absolute Gasteiger partial charge is 0.493 e. The molecule has 1 aromatic heterocycles. The third-order valence-electron chi connectivity index (χ3n) is 5.48. The fraction of sp³-hybridized carbons (Fsp3) is 0.111. The molecule has 10 heteroatoms. The topological polar surface area (TPSA) is 131 Å². The van der Waals surface area contributed by atoms with Crippen LogP contribution in [0.2, 0.25) is 0 Å². The summed E-state index contributed by atoms with van der Waals surface area (Å²) in [5.41, 5.74) is 2.49. The summed E-state index contributed by atoms with van der Waals surface area (Å²) in [7, 11) is -2.04. The summed E-state index contributed by atoms with van der Waals surface area (Å²) < 4.78 is 35.3. The third-order valence-corrected chi connectivity index (χ3v) is 6.59. The third kappa shape index (κ3) is 5.58. The van der Waals surface area contributed by atoms with E-state index in [1.165, 1.54) is 37.4 Å². The van der Waals surface area contributed by atoms with Gasteiger partial charge in [0, 0.05) is 23.6 Å². The van der Waals surface area contributed by atoms with Gasteiger partial charge < -0.3 is 14.8 Å². The van der Waals surface area contributed by atoms with Crippen LogP contribution in [0.1, 0.15) is 21.5 Å². The van der Waals surface area contributed by atoms with Gasteiger partial charge in [-0.05, 0) is 42.8 Å². The van der Waals surface area contributed by atoms with Crippen molar-refractivity contribution in [3.8, 4) is 34.7 Å². The molecule has 0 saturated heterocycles. The second-order valence-corrected chi connectivity index (χ2v) is 10.1. The number of hydrogen-bond donors (Lipinski definition) is 1. The number of carbonyl (C=O) groups excluding carboxylic acids is 1. The van der Waals surface area contributed by atoms with Crippen molar-refractivity contribution >= 4 is 21.4 Å². The lowest BCUT2D eigenvalue weighted by Crippen LogP contribution is -2.17. The molecule has 0 saturated carbocycles. The maximum Gasteiger partial charge on any atom is 0.261 e. The number of hydrogen-bond acceptors (Lipinski definition) is 8. The van der Waals surface area contributed by atoms with Gasteiger partial charge in [-0.2, -0.15) is 5.26 Å². The normalized spacial score (nSPS) is 10.9. The van der Waals surface area contributed by atoms with Crippen molar-refractivity contribution in [1.29, 1.82) is 5.26 Å². The van der Waals surface area contributed by atoms with E-state index in [0.29, 0.717) is 16.8 Å². The number of rotatable bonds is 7. The molecule has 0 aliphatic rings. The van der Waals surface area contributed by atoms with Crippen molar-refractivity contribution in [2.24, 2.45) is 0 Å². The molecule has 3 aromatic carbocycles. The molecule has 0 aliphatic heterocycles. The molecular formula is C27H22N4O5S. The van der Waals surface area contributed by atoms with E-state index in [9.17, 15) is 18.5 Å². The maximum absolute atomic E-state index is 13.6. The van der Waals surface area contributed by atoms with Crippen LogP contribution in [0.15, 0.2) is 77.7 Å². The summed E-state index contributed by atoms with van der Waals surface area (Å²) in [4.78, 5) is 13.6. The SMILES string of the molecule is COc1cc(C#N)ccc1Oc1nnc(-c2ccccc2)c(C)c1C(=O)Nc1cccc(S(C)(=O)=O)c1. The average molecular weight is 515 g/mol. The Morgan fingerprint density at radius 1 is 0.973 bits per heavy atom. The first-order chi connectivity index (χ1) is 17.7. The van der Waals surface area contributed by atoms with Gasteiger partial charge in [-0.3, -0.25) is 4.79 Å². The Kier molecular flexibility index (Phi) is 7.18. The molecule has 0 unspecified atom stereocenters. The Balaban J connectivity index is 1.81. The minimum absolute atomic E-state index is 0.0682. The average Bonchev–Trinajstić information content (AvgIpc) is 2.89. The van der Waals surface area contributed by atoms with Crippen LogP contribution in [0.5, 0.6) is 17.4 Å². The van der Waals surface area contributed by atoms with Gasteiger partial charge in [0.05, 0.1) is 29.3 Å². The van der Waals surface area contributed by atoms with E-state index in [1.807, 2.05) is 36.4 Å². The van der Waals surface area contributed by atoms with Crippen molar-refractivity contribution in [3.05, 3.63) is 89.5 Å². The van der Waals surface area contributed by atoms with Gasteiger partial charge in [0.15, 0.2) is 21.3 Å². The predicted molar refractivity (Wildman–Crippen MR) is 137 cm³/mol. The Labute approximate surface area is 214 Å². The van der Waals surface area contributed by atoms with Crippen LogP contribution in [0.3, 0.4) is 0 Å². The molecule has 0 aliphatic carbocycles. The molecular weight excluding hydrogens is 492 g/mol. The lowest BCUT2D eigenvalue weighted by atomic mass is 10.0. The molecule has 1 heterocycles. The predicted octanol–water partition coefficient (Wildman–Crippen LogP) is 4.78. The van der Waals surface area contributed by atoms with Gasteiger partial charge in [0.1, 0.15) is 5.56 Å². The summed E-state index contributed by atoms with van der Waals surface area (Å²) >= 11 is 0. The lowest BCUT2D eigenvalue weighted by Gasteiger charge is -2.16. The molecule has 186 valence electrons. The van der Waals surface area contributed by atoms with Crippen LogP contribution >= 0.6 is 0 Å². The number of nitrogens with zero attached hydrogens (tertiary/aromatic N) is 3. The number of anilines is 1. The van der Waals surface area contributed by atoms with Crippen LogP contribution < -0.4 is 14.8 Å². The number of nitriles is 1. The van der Waals surface area contributed by atoms with Crippen LogP contribution in [-0.4, -0.2) is 37.9 Å². The van der Waals surface area contributed by atoms with Crippen molar-refractivity contribution in [2.75, 3.05) is 18.7 Å². The summed E-state index contributed by atoms with van der Waals surface area (Å²) in [6, 6.07) is 21.8. The Hall–Kier alpha value is -4.75. The zero-order valence-corrected chi connectivity index (χ0v) is 21.0. The van der Waals surface area contributed by atoms with Crippen molar-refractivity contribution in [3.63, 3.8) is 0 Å². The highest BCUT2D eigenvalue weighted by atomic mass is 32.2. The van der Waals surface area contributed by atoms with E-state index >= 15 is 0 Å².